The van der Waals surface area contributed by atoms with Gasteiger partial charge in [-0.25, -0.2) is 0 Å². The summed E-state index contributed by atoms with van der Waals surface area (Å²) in [5.41, 5.74) is 7.32. The Morgan fingerprint density at radius 3 is 2.78 bits per heavy atom. The number of carbonyl (C=O) groups is 1. The molecule has 142 valence electrons. The molecule has 0 saturated carbocycles. The molecule has 3 N–H and O–H groups in total. The third-order valence-electron chi connectivity index (χ3n) is 4.21. The highest BCUT2D eigenvalue weighted by molar-refractivity contribution is 7.80. The smallest absolute Gasteiger partial charge is 0.245 e. The van der Waals surface area contributed by atoms with Crippen LogP contribution in [0.5, 0.6) is 11.5 Å². The highest BCUT2D eigenvalue weighted by Gasteiger charge is 2.26. The third kappa shape index (κ3) is 5.24. The van der Waals surface area contributed by atoms with Crippen molar-refractivity contribution in [3.05, 3.63) is 58.6 Å². The van der Waals surface area contributed by atoms with Gasteiger partial charge in [0.05, 0.1) is 13.0 Å². The minimum absolute atomic E-state index is 0.186. The summed E-state index contributed by atoms with van der Waals surface area (Å²) < 4.78 is 10.8. The lowest BCUT2D eigenvalue weighted by Gasteiger charge is -2.25. The van der Waals surface area contributed by atoms with Crippen molar-refractivity contribution in [3.63, 3.8) is 0 Å². The van der Waals surface area contributed by atoms with Crippen LogP contribution in [0.2, 0.25) is 5.02 Å². The van der Waals surface area contributed by atoms with Gasteiger partial charge in [-0.3, -0.25) is 15.6 Å². The maximum atomic E-state index is 12.4. The van der Waals surface area contributed by atoms with Crippen LogP contribution in [0.4, 0.5) is 0 Å². The average Bonchev–Trinajstić information content (AvgIpc) is 2.70. The first-order valence-electron chi connectivity index (χ1n) is 8.43. The Morgan fingerprint density at radius 2 is 2.04 bits per heavy atom. The molecule has 2 aromatic rings. The summed E-state index contributed by atoms with van der Waals surface area (Å²) in [7, 11) is 1.62. The van der Waals surface area contributed by atoms with Crippen LogP contribution in [0.1, 0.15) is 11.1 Å². The first-order valence-corrected chi connectivity index (χ1v) is 9.21. The molecule has 0 aromatic heterocycles. The lowest BCUT2D eigenvalue weighted by molar-refractivity contribution is -0.126. The molecule has 0 radical (unpaired) electrons. The van der Waals surface area contributed by atoms with Crippen LogP contribution in [0.25, 0.3) is 0 Å². The van der Waals surface area contributed by atoms with Crippen molar-refractivity contribution in [3.8, 4) is 11.5 Å². The van der Waals surface area contributed by atoms with Crippen molar-refractivity contribution >= 4 is 34.8 Å². The minimum atomic E-state index is -0.312. The van der Waals surface area contributed by atoms with Crippen LogP contribution in [0.15, 0.2) is 42.5 Å². The Kier molecular flexibility index (Phi) is 6.36. The molecule has 0 bridgehead atoms. The number of carbonyl (C=O) groups excluding carboxylic acids is 1. The van der Waals surface area contributed by atoms with E-state index in [-0.39, 0.29) is 11.8 Å². The molecule has 8 heteroatoms. The van der Waals surface area contributed by atoms with E-state index >= 15 is 0 Å². The lowest BCUT2D eigenvalue weighted by Crippen LogP contribution is -2.50. The van der Waals surface area contributed by atoms with Crippen molar-refractivity contribution in [2.24, 2.45) is 5.92 Å². The number of fused-ring (bicyclic) bond motifs is 1. The predicted octanol–water partition coefficient (Wildman–Crippen LogP) is 2.60. The van der Waals surface area contributed by atoms with Gasteiger partial charge in [-0.2, -0.15) is 0 Å². The monoisotopic (exact) mass is 405 g/mol. The van der Waals surface area contributed by atoms with Gasteiger partial charge in [0.15, 0.2) is 5.11 Å². The molecule has 2 aromatic carbocycles. The van der Waals surface area contributed by atoms with E-state index in [0.29, 0.717) is 29.7 Å². The van der Waals surface area contributed by atoms with Crippen LogP contribution in [-0.2, 0) is 17.8 Å². The fraction of sp³-hybridized carbons (Fsp3) is 0.263. The summed E-state index contributed by atoms with van der Waals surface area (Å²) in [6.07, 6.45) is 0.565. The van der Waals surface area contributed by atoms with Crippen molar-refractivity contribution in [1.29, 1.82) is 0 Å². The lowest BCUT2D eigenvalue weighted by atomic mass is 9.96. The van der Waals surface area contributed by atoms with Gasteiger partial charge < -0.3 is 14.8 Å². The third-order valence-corrected chi connectivity index (χ3v) is 4.69. The molecule has 27 heavy (non-hydrogen) atoms. The van der Waals surface area contributed by atoms with Crippen LogP contribution < -0.4 is 25.6 Å². The Hall–Kier alpha value is -2.51. The van der Waals surface area contributed by atoms with Crippen molar-refractivity contribution in [2.45, 2.75) is 13.0 Å². The van der Waals surface area contributed by atoms with Gasteiger partial charge in [0.1, 0.15) is 18.1 Å². The van der Waals surface area contributed by atoms with E-state index < -0.39 is 0 Å². The number of amides is 1. The van der Waals surface area contributed by atoms with Gasteiger partial charge >= 0.3 is 0 Å². The molecule has 0 fully saturated rings. The van der Waals surface area contributed by atoms with E-state index in [4.69, 9.17) is 33.3 Å². The molecule has 0 unspecified atom stereocenters. The predicted molar refractivity (Wildman–Crippen MR) is 108 cm³/mol. The van der Waals surface area contributed by atoms with Gasteiger partial charge in [-0.15, -0.1) is 0 Å². The van der Waals surface area contributed by atoms with E-state index in [0.717, 1.165) is 22.6 Å². The molecular formula is C19H20ClN3O3S. The van der Waals surface area contributed by atoms with E-state index in [1.165, 1.54) is 0 Å². The highest BCUT2D eigenvalue weighted by Crippen LogP contribution is 2.29. The largest absolute Gasteiger partial charge is 0.497 e. The summed E-state index contributed by atoms with van der Waals surface area (Å²) in [5.74, 6) is 1.07. The maximum Gasteiger partial charge on any atom is 0.245 e. The number of methoxy groups -OCH3 is 1. The number of nitrogens with one attached hydrogen (secondary N) is 3. The van der Waals surface area contributed by atoms with Crippen LogP contribution in [0.3, 0.4) is 0 Å². The molecule has 0 aliphatic carbocycles. The molecule has 3 rings (SSSR count). The summed E-state index contributed by atoms with van der Waals surface area (Å²) in [5, 5.41) is 3.99. The number of hydrogen-bond acceptors (Lipinski definition) is 4. The van der Waals surface area contributed by atoms with E-state index in [2.05, 4.69) is 16.2 Å². The Labute approximate surface area is 168 Å². The van der Waals surface area contributed by atoms with Gasteiger partial charge in [-0.05, 0) is 60.1 Å². The zero-order valence-electron chi connectivity index (χ0n) is 14.8. The van der Waals surface area contributed by atoms with Crippen molar-refractivity contribution < 1.29 is 14.3 Å². The SMILES string of the molecule is COc1ccc(CNC(=S)NNC(=O)[C@@H]2COc3ccc(Cl)cc3C2)cc1. The number of rotatable bonds is 4. The normalized spacial score (nSPS) is 15.1. The molecule has 6 nitrogen and oxygen atoms in total. The van der Waals surface area contributed by atoms with E-state index in [1.807, 2.05) is 36.4 Å². The number of thiocarbonyl (C=S) groups is 1. The molecule has 1 aliphatic rings. The van der Waals surface area contributed by atoms with Crippen LogP contribution >= 0.6 is 23.8 Å². The maximum absolute atomic E-state index is 12.4. The second kappa shape index (κ2) is 8.92. The standard InChI is InChI=1S/C19H20ClN3O3S/c1-25-16-5-2-12(3-6-16)10-21-19(27)23-22-18(24)14-8-13-9-15(20)4-7-17(13)26-11-14/h2-7,9,14H,8,10-11H2,1H3,(H,22,24)(H2,21,23,27)/t14-/m0/s1. The average molecular weight is 406 g/mol. The quantitative estimate of drug-likeness (QED) is 0.536. The Balaban J connectivity index is 1.44. The molecule has 1 atom stereocenters. The first-order chi connectivity index (χ1) is 13.0. The second-order valence-corrected chi connectivity index (χ2v) is 6.95. The summed E-state index contributed by atoms with van der Waals surface area (Å²) in [6, 6.07) is 13.1. The first kappa shape index (κ1) is 19.3. The summed E-state index contributed by atoms with van der Waals surface area (Å²) in [4.78, 5) is 12.4. The fourth-order valence-electron chi connectivity index (χ4n) is 2.72. The summed E-state index contributed by atoms with van der Waals surface area (Å²) >= 11 is 11.2. The molecule has 1 heterocycles. The minimum Gasteiger partial charge on any atom is -0.497 e. The zero-order valence-corrected chi connectivity index (χ0v) is 16.3. The topological polar surface area (TPSA) is 71.6 Å². The molecule has 0 spiro atoms. The highest BCUT2D eigenvalue weighted by atomic mass is 35.5. The molecule has 1 aliphatic heterocycles. The van der Waals surface area contributed by atoms with E-state index in [1.54, 1.807) is 13.2 Å². The van der Waals surface area contributed by atoms with E-state index in [9.17, 15) is 4.79 Å². The molecule has 0 saturated heterocycles. The Morgan fingerprint density at radius 1 is 1.26 bits per heavy atom. The van der Waals surface area contributed by atoms with Crippen LogP contribution in [0, 0.1) is 5.92 Å². The van der Waals surface area contributed by atoms with Gasteiger partial charge in [0.25, 0.3) is 0 Å². The number of halogens is 1. The summed E-state index contributed by atoms with van der Waals surface area (Å²) in [6.45, 7) is 0.846. The van der Waals surface area contributed by atoms with Gasteiger partial charge in [0.2, 0.25) is 5.91 Å². The second-order valence-electron chi connectivity index (χ2n) is 6.11. The van der Waals surface area contributed by atoms with Gasteiger partial charge in [-0.1, -0.05) is 23.7 Å². The number of benzene rings is 2. The Bertz CT molecular complexity index is 829. The van der Waals surface area contributed by atoms with Crippen LogP contribution in [-0.4, -0.2) is 24.7 Å². The van der Waals surface area contributed by atoms with Crippen molar-refractivity contribution in [2.75, 3.05) is 13.7 Å². The number of hydrogen-bond donors (Lipinski definition) is 3. The number of ether oxygens (including phenoxy) is 2. The van der Waals surface area contributed by atoms with Gasteiger partial charge in [0, 0.05) is 11.6 Å². The fourth-order valence-corrected chi connectivity index (χ4v) is 3.04. The van der Waals surface area contributed by atoms with Crippen molar-refractivity contribution in [1.82, 2.24) is 16.2 Å². The molecular weight excluding hydrogens is 386 g/mol. The zero-order chi connectivity index (χ0) is 19.2. The number of hydrazine groups is 1. The molecule has 1 amide bonds.